The summed E-state index contributed by atoms with van der Waals surface area (Å²) in [4.78, 5) is 1.75. The minimum atomic E-state index is -1.19. The number of anilines is 5. The van der Waals surface area contributed by atoms with Crippen molar-refractivity contribution in [2.75, 3.05) is 10.2 Å². The smallest absolute Gasteiger partial charge is 0.252 e. The lowest BCUT2D eigenvalue weighted by Crippen LogP contribution is -2.60. The maximum absolute atomic E-state index is 11.2. The number of nitrogens with one attached hydrogen (secondary N) is 1. The van der Waals surface area contributed by atoms with Crippen molar-refractivity contribution in [1.82, 2.24) is 9.13 Å². The van der Waals surface area contributed by atoms with Crippen molar-refractivity contribution < 1.29 is 34.3 Å². The zero-order valence-corrected chi connectivity index (χ0v) is 50.5. The van der Waals surface area contributed by atoms with E-state index in [0.29, 0.717) is 39.0 Å². The molecule has 0 saturated carbocycles. The predicted octanol–water partition coefficient (Wildman–Crippen LogP) is 20.1. The van der Waals surface area contributed by atoms with E-state index >= 15 is 0 Å². The van der Waals surface area contributed by atoms with E-state index in [1.807, 2.05) is 74.4 Å². The number of fused-ring (bicyclic) bond motifs is 10. The van der Waals surface area contributed by atoms with Crippen molar-refractivity contribution >= 4 is 95.1 Å². The summed E-state index contributed by atoms with van der Waals surface area (Å²) >= 11 is 0. The Bertz CT molecular complexity index is 6050. The van der Waals surface area contributed by atoms with Gasteiger partial charge in [-0.05, 0) is 155 Å². The van der Waals surface area contributed by atoms with Gasteiger partial charge in [0.25, 0.3) is 6.71 Å². The van der Waals surface area contributed by atoms with Gasteiger partial charge in [0.2, 0.25) is 0 Å². The highest BCUT2D eigenvalue weighted by Crippen LogP contribution is 2.53. The van der Waals surface area contributed by atoms with Crippen LogP contribution in [-0.4, -0.2) is 15.8 Å². The number of benzene rings is 10. The monoisotopic (exact) mass is 1130 g/mol. The van der Waals surface area contributed by atoms with Crippen molar-refractivity contribution in [2.24, 2.45) is 0 Å². The molecule has 0 aliphatic carbocycles. The van der Waals surface area contributed by atoms with Crippen LogP contribution in [0.1, 0.15) is 166 Å². The molecule has 0 amide bonds. The highest BCUT2D eigenvalue weighted by Gasteiger charge is 2.44. The van der Waals surface area contributed by atoms with E-state index < -0.39 is 161 Å². The van der Waals surface area contributed by atoms with Gasteiger partial charge in [0.05, 0.1) is 62.0 Å². The summed E-state index contributed by atoms with van der Waals surface area (Å²) < 4.78 is 245. The lowest BCUT2D eigenvalue weighted by Gasteiger charge is -2.43. The molecule has 10 aromatic carbocycles. The van der Waals surface area contributed by atoms with Gasteiger partial charge in [-0.1, -0.05) is 231 Å². The number of nitrogens with zero attached hydrogens (tertiary/aromatic N) is 3. The first-order valence-electron chi connectivity index (χ1n) is 41.3. The first kappa shape index (κ1) is 33.2. The van der Waals surface area contributed by atoms with Crippen molar-refractivity contribution in [3.8, 4) is 33.6 Å². The molecule has 422 valence electrons. The standard InChI is InChI=1S/C80H79BN4/c1-76(2,3)50-34-32-49(33-35-50)60-43-52(78(7,8)9)44-62(61-42-51(77(4,5)6)36-39-63(61)80(13,14)15)75(60)85-72-48-55(84-70-30-22-18-26-58(70)59-27-19-23-31-71(59)84)38-41-65(72)81-64-40-37-54(83-68-28-20-16-24-56(68)57-25-17-21-29-69(57)83)47-66(64)82-67-45-53(79(10,11)12)46-73(85)74(67)81/h16-48,82H,1-15H3/i16D,17D,18D,19D,20D,21D,22D,23D,24D,25D,26D,27D,28D,29D,30D,31D,32D,33D,34D,35D,36D,39D,42D,43D,44D. The van der Waals surface area contributed by atoms with Crippen LogP contribution >= 0.6 is 0 Å². The van der Waals surface area contributed by atoms with Crippen LogP contribution in [0.4, 0.5) is 28.4 Å². The molecule has 2 aliphatic rings. The minimum absolute atomic E-state index is 0.0115. The quantitative estimate of drug-likeness (QED) is 0.174. The Kier molecular flexibility index (Phi) is 7.42. The van der Waals surface area contributed by atoms with E-state index in [4.69, 9.17) is 8.22 Å². The molecule has 1 N–H and O–H groups in total. The highest BCUT2D eigenvalue weighted by atomic mass is 15.2. The average Bonchev–Trinajstić information content (AvgIpc) is 0.688. The van der Waals surface area contributed by atoms with Crippen LogP contribution in [0, 0.1) is 0 Å². The van der Waals surface area contributed by atoms with E-state index in [2.05, 4.69) is 5.32 Å². The van der Waals surface area contributed by atoms with Gasteiger partial charge in [-0.2, -0.15) is 0 Å². The van der Waals surface area contributed by atoms with E-state index in [9.17, 15) is 26.0 Å². The second-order valence-electron chi connectivity index (χ2n) is 27.7. The van der Waals surface area contributed by atoms with E-state index in [1.165, 1.54) is 9.13 Å². The third kappa shape index (κ3) is 8.86. The molecule has 2 aliphatic heterocycles. The van der Waals surface area contributed by atoms with E-state index in [-0.39, 0.29) is 135 Å². The van der Waals surface area contributed by atoms with Crippen LogP contribution in [-0.2, 0) is 27.1 Å². The summed E-state index contributed by atoms with van der Waals surface area (Å²) in [5.74, 6) is 0. The fourth-order valence-corrected chi connectivity index (χ4v) is 12.0. The third-order valence-corrected chi connectivity index (χ3v) is 16.5. The number of rotatable bonds is 5. The van der Waals surface area contributed by atoms with Gasteiger partial charge in [0.15, 0.2) is 0 Å². The van der Waals surface area contributed by atoms with Crippen LogP contribution in [0.2, 0.25) is 0 Å². The Morgan fingerprint density at radius 3 is 1.34 bits per heavy atom. The predicted molar refractivity (Wildman–Crippen MR) is 369 cm³/mol. The van der Waals surface area contributed by atoms with Gasteiger partial charge in [-0.3, -0.25) is 0 Å². The third-order valence-electron chi connectivity index (χ3n) is 16.5. The fraction of sp³-hybridized carbons (Fsp3) is 0.250. The molecule has 5 heteroatoms. The van der Waals surface area contributed by atoms with Gasteiger partial charge in [0, 0.05) is 66.8 Å². The van der Waals surface area contributed by atoms with E-state index in [0.717, 1.165) is 0 Å². The van der Waals surface area contributed by atoms with Crippen molar-refractivity contribution in [3.63, 3.8) is 0 Å². The normalized spacial score (nSPS) is 17.8. The van der Waals surface area contributed by atoms with Crippen molar-refractivity contribution in [1.29, 1.82) is 0 Å². The molecule has 4 nitrogen and oxygen atoms in total. The Hall–Kier alpha value is -8.54. The van der Waals surface area contributed by atoms with E-state index in [1.54, 1.807) is 82.8 Å². The van der Waals surface area contributed by atoms with Gasteiger partial charge >= 0.3 is 0 Å². The van der Waals surface area contributed by atoms with Crippen LogP contribution in [0.15, 0.2) is 200 Å². The summed E-state index contributed by atoms with van der Waals surface area (Å²) in [7, 11) is 0. The average molecular weight is 1130 g/mol. The molecule has 0 saturated heterocycles. The Balaban J connectivity index is 1.26. The van der Waals surface area contributed by atoms with Crippen LogP contribution < -0.4 is 26.6 Å². The van der Waals surface area contributed by atoms with Gasteiger partial charge in [-0.15, -0.1) is 0 Å². The number of aromatic nitrogens is 2. The molecule has 4 heterocycles. The SMILES string of the molecule is [2H]c1c([2H])c(C(C)(C)C)c([2H])c([2H])c1-c1c([2H])c(C(C)(C)C)c([2H])c(-c2c([2H])c(C(C)(C)C)c([2H])c([2H])c2C(C)(C)C)c1N1c2cc(-n3c4c([2H])c([2H])c([2H])c([2H])c4c4c([2H])c([2H])c([2H])c([2H])c43)ccc2B2c3ccc(-n4c5c([2H])c([2H])c([2H])c([2H])c5c5c([2H])c([2H])c([2H])c([2H])c54)cc3Nc3cc(C(C)(C)C)cc1c32. The van der Waals surface area contributed by atoms with Crippen LogP contribution in [0.25, 0.3) is 77.2 Å². The molecular weight excluding hydrogens is 1030 g/mol. The molecule has 0 unspecified atom stereocenters. The molecule has 85 heavy (non-hydrogen) atoms. The molecule has 12 aromatic rings. The molecule has 0 bridgehead atoms. The lowest BCUT2D eigenvalue weighted by atomic mass is 9.33. The molecule has 14 rings (SSSR count). The number of para-hydroxylation sites is 4. The molecule has 0 fully saturated rings. The van der Waals surface area contributed by atoms with Gasteiger partial charge < -0.3 is 19.4 Å². The molecular formula is C80H79BN4. The second-order valence-corrected chi connectivity index (χ2v) is 27.7. The Morgan fingerprint density at radius 2 is 0.835 bits per heavy atom. The van der Waals surface area contributed by atoms with Crippen molar-refractivity contribution in [2.45, 2.75) is 131 Å². The highest BCUT2D eigenvalue weighted by molar-refractivity contribution is 7.00. The second kappa shape index (κ2) is 19.0. The number of hydrogen-bond donors (Lipinski definition) is 1. The summed E-state index contributed by atoms with van der Waals surface area (Å²) in [5.41, 5.74) is -2.88. The van der Waals surface area contributed by atoms with Crippen LogP contribution in [0.3, 0.4) is 0 Å². The summed E-state index contributed by atoms with van der Waals surface area (Å²) in [6, 6.07) is 0.762. The first-order valence-corrected chi connectivity index (χ1v) is 28.8. The summed E-state index contributed by atoms with van der Waals surface area (Å²) in [6.45, 7) is 26.5. The lowest BCUT2D eigenvalue weighted by molar-refractivity contribution is 0.578. The van der Waals surface area contributed by atoms with Gasteiger partial charge in [0.1, 0.15) is 0 Å². The summed E-state index contributed by atoms with van der Waals surface area (Å²) in [5, 5.41) is 2.98. The zero-order chi connectivity index (χ0) is 81.2. The summed E-state index contributed by atoms with van der Waals surface area (Å²) in [6.07, 6.45) is 0. The molecule has 2 aromatic heterocycles. The fourth-order valence-electron chi connectivity index (χ4n) is 12.0. The molecule has 0 atom stereocenters. The topological polar surface area (TPSA) is 25.1 Å². The van der Waals surface area contributed by atoms with Crippen LogP contribution in [0.5, 0.6) is 0 Å². The zero-order valence-electron chi connectivity index (χ0n) is 75.5. The Labute approximate surface area is 539 Å². The first-order chi connectivity index (χ1) is 50.8. The molecule has 0 spiro atoms. The number of hydrogen-bond acceptors (Lipinski definition) is 2. The van der Waals surface area contributed by atoms with Crippen molar-refractivity contribution in [3.05, 3.63) is 227 Å². The van der Waals surface area contributed by atoms with Gasteiger partial charge in [-0.25, -0.2) is 0 Å². The Morgan fingerprint density at radius 1 is 0.376 bits per heavy atom. The minimum Gasteiger partial charge on any atom is -0.356 e. The maximum Gasteiger partial charge on any atom is 0.252 e. The largest absolute Gasteiger partial charge is 0.356 e. The maximum atomic E-state index is 11.2. The molecule has 0 radical (unpaired) electrons.